The number of fused-ring (bicyclic) bond motifs is 1. The van der Waals surface area contributed by atoms with Crippen LogP contribution in [-0.2, 0) is 4.74 Å². The molecule has 0 unspecified atom stereocenters. The maximum atomic E-state index is 11.6. The van der Waals surface area contributed by atoms with Crippen molar-refractivity contribution >= 4 is 17.6 Å². The third-order valence-corrected chi connectivity index (χ3v) is 3.48. The van der Waals surface area contributed by atoms with E-state index < -0.39 is 0 Å². The van der Waals surface area contributed by atoms with Gasteiger partial charge >= 0.3 is 6.09 Å². The zero-order valence-electron chi connectivity index (χ0n) is 11.8. The number of rotatable bonds is 3. The van der Waals surface area contributed by atoms with Gasteiger partial charge in [-0.05, 0) is 30.2 Å². The van der Waals surface area contributed by atoms with Gasteiger partial charge in [-0.15, -0.1) is 5.10 Å². The molecule has 1 amide bonds. The van der Waals surface area contributed by atoms with Crippen molar-refractivity contribution in [2.24, 2.45) is 0 Å². The summed E-state index contributed by atoms with van der Waals surface area (Å²) in [5, 5.41) is 14.8. The third kappa shape index (κ3) is 2.86. The maximum Gasteiger partial charge on any atom is 0.409 e. The number of amides is 1. The quantitative estimate of drug-likeness (QED) is 0.881. The van der Waals surface area contributed by atoms with Crippen LogP contribution in [0.25, 0.3) is 5.65 Å². The molecule has 3 rings (SSSR count). The van der Waals surface area contributed by atoms with Crippen LogP contribution in [0.2, 0.25) is 0 Å². The summed E-state index contributed by atoms with van der Waals surface area (Å²) in [6, 6.07) is 0.257. The number of piperidine rings is 1. The molecule has 9 heteroatoms. The second-order valence-corrected chi connectivity index (χ2v) is 4.85. The summed E-state index contributed by atoms with van der Waals surface area (Å²) in [7, 11) is 0. The lowest BCUT2D eigenvalue weighted by Gasteiger charge is -2.31. The number of nitrogens with zero attached hydrogens (tertiary/aromatic N) is 6. The third-order valence-electron chi connectivity index (χ3n) is 3.48. The van der Waals surface area contributed by atoms with E-state index in [-0.39, 0.29) is 12.1 Å². The largest absolute Gasteiger partial charge is 0.450 e. The second-order valence-electron chi connectivity index (χ2n) is 4.85. The van der Waals surface area contributed by atoms with Crippen LogP contribution in [0.5, 0.6) is 0 Å². The van der Waals surface area contributed by atoms with Crippen LogP contribution in [0.15, 0.2) is 12.4 Å². The van der Waals surface area contributed by atoms with Gasteiger partial charge in [-0.2, -0.15) is 4.52 Å². The SMILES string of the molecule is CCOC(=O)N1CCC(Nc2cncc3nnnn23)CC1. The minimum absolute atomic E-state index is 0.236. The first-order valence-electron chi connectivity index (χ1n) is 6.98. The highest BCUT2D eigenvalue weighted by molar-refractivity contribution is 5.67. The second kappa shape index (κ2) is 5.90. The lowest BCUT2D eigenvalue weighted by molar-refractivity contribution is 0.0983. The highest BCUT2D eigenvalue weighted by atomic mass is 16.6. The topological polar surface area (TPSA) is 97.5 Å². The maximum absolute atomic E-state index is 11.6. The fourth-order valence-corrected chi connectivity index (χ4v) is 2.40. The fourth-order valence-electron chi connectivity index (χ4n) is 2.40. The van der Waals surface area contributed by atoms with E-state index in [1.165, 1.54) is 0 Å². The molecular weight excluding hydrogens is 274 g/mol. The molecular formula is C12H17N7O2. The molecule has 0 saturated carbocycles. The molecule has 0 spiro atoms. The average molecular weight is 291 g/mol. The number of carbonyl (C=O) groups excluding carboxylic acids is 1. The van der Waals surface area contributed by atoms with E-state index in [0.29, 0.717) is 25.3 Å². The Morgan fingerprint density at radius 2 is 2.24 bits per heavy atom. The van der Waals surface area contributed by atoms with Gasteiger partial charge < -0.3 is 15.0 Å². The van der Waals surface area contributed by atoms with E-state index in [1.54, 1.807) is 21.8 Å². The van der Waals surface area contributed by atoms with Crippen molar-refractivity contribution in [1.82, 2.24) is 29.9 Å². The zero-order chi connectivity index (χ0) is 14.7. The molecule has 3 heterocycles. The van der Waals surface area contributed by atoms with Gasteiger partial charge in [0.1, 0.15) is 0 Å². The summed E-state index contributed by atoms with van der Waals surface area (Å²) in [6.07, 6.45) is 4.75. The molecule has 9 nitrogen and oxygen atoms in total. The van der Waals surface area contributed by atoms with Crippen molar-refractivity contribution in [3.8, 4) is 0 Å². The number of aromatic nitrogens is 5. The van der Waals surface area contributed by atoms with Crippen molar-refractivity contribution in [3.63, 3.8) is 0 Å². The van der Waals surface area contributed by atoms with Crippen molar-refractivity contribution in [1.29, 1.82) is 0 Å². The first kappa shape index (κ1) is 13.5. The summed E-state index contributed by atoms with van der Waals surface area (Å²) in [4.78, 5) is 17.5. The molecule has 1 aliphatic rings. The first-order chi connectivity index (χ1) is 10.3. The van der Waals surface area contributed by atoms with E-state index in [4.69, 9.17) is 4.74 Å². The van der Waals surface area contributed by atoms with Gasteiger partial charge in [-0.1, -0.05) is 0 Å². The Balaban J connectivity index is 1.60. The van der Waals surface area contributed by atoms with E-state index in [1.807, 2.05) is 6.92 Å². The predicted molar refractivity (Wildman–Crippen MR) is 73.8 cm³/mol. The molecule has 0 atom stereocenters. The number of anilines is 1. The number of hydrogen-bond acceptors (Lipinski definition) is 7. The Morgan fingerprint density at radius 3 is 3.00 bits per heavy atom. The number of hydrogen-bond donors (Lipinski definition) is 1. The predicted octanol–water partition coefficient (Wildman–Crippen LogP) is 0.552. The van der Waals surface area contributed by atoms with Crippen LogP contribution in [0.1, 0.15) is 19.8 Å². The van der Waals surface area contributed by atoms with Gasteiger partial charge in [-0.3, -0.25) is 4.98 Å². The van der Waals surface area contributed by atoms with Crippen molar-refractivity contribution in [2.45, 2.75) is 25.8 Å². The van der Waals surface area contributed by atoms with Crippen LogP contribution in [0.3, 0.4) is 0 Å². The Kier molecular flexibility index (Phi) is 3.80. The van der Waals surface area contributed by atoms with Gasteiger partial charge in [0.2, 0.25) is 0 Å². The fraction of sp³-hybridized carbons (Fsp3) is 0.583. The molecule has 1 N–H and O–H groups in total. The molecule has 2 aromatic heterocycles. The molecule has 0 aromatic carbocycles. The molecule has 0 aliphatic carbocycles. The van der Waals surface area contributed by atoms with Crippen molar-refractivity contribution in [3.05, 3.63) is 12.4 Å². The minimum atomic E-state index is -0.236. The number of tetrazole rings is 1. The molecule has 1 aliphatic heterocycles. The van der Waals surface area contributed by atoms with Crippen molar-refractivity contribution < 1.29 is 9.53 Å². The summed E-state index contributed by atoms with van der Waals surface area (Å²) in [5.74, 6) is 0.757. The number of carbonyl (C=O) groups is 1. The molecule has 0 bridgehead atoms. The highest BCUT2D eigenvalue weighted by Gasteiger charge is 2.24. The Hall–Kier alpha value is -2.45. The summed E-state index contributed by atoms with van der Waals surface area (Å²) >= 11 is 0. The number of likely N-dealkylation sites (tertiary alicyclic amines) is 1. The first-order valence-corrected chi connectivity index (χ1v) is 6.98. The van der Waals surface area contributed by atoms with Gasteiger partial charge in [0.25, 0.3) is 0 Å². The monoisotopic (exact) mass is 291 g/mol. The molecule has 112 valence electrons. The Labute approximate surface area is 121 Å². The smallest absolute Gasteiger partial charge is 0.409 e. The number of nitrogens with one attached hydrogen (secondary N) is 1. The van der Waals surface area contributed by atoms with E-state index >= 15 is 0 Å². The van der Waals surface area contributed by atoms with Gasteiger partial charge in [0, 0.05) is 19.1 Å². The van der Waals surface area contributed by atoms with E-state index in [0.717, 1.165) is 18.7 Å². The van der Waals surface area contributed by atoms with Crippen LogP contribution in [0, 0.1) is 0 Å². The Bertz CT molecular complexity index is 621. The van der Waals surface area contributed by atoms with Crippen LogP contribution >= 0.6 is 0 Å². The zero-order valence-corrected chi connectivity index (χ0v) is 11.8. The summed E-state index contributed by atoms with van der Waals surface area (Å²) in [5.41, 5.74) is 0.601. The van der Waals surface area contributed by atoms with Gasteiger partial charge in [-0.25, -0.2) is 4.79 Å². The molecule has 21 heavy (non-hydrogen) atoms. The lowest BCUT2D eigenvalue weighted by atomic mass is 10.1. The highest BCUT2D eigenvalue weighted by Crippen LogP contribution is 2.16. The molecule has 1 fully saturated rings. The van der Waals surface area contributed by atoms with Gasteiger partial charge in [0.05, 0.1) is 19.0 Å². The van der Waals surface area contributed by atoms with Crippen LogP contribution in [0.4, 0.5) is 10.6 Å². The molecule has 0 radical (unpaired) electrons. The van der Waals surface area contributed by atoms with E-state index in [2.05, 4.69) is 25.8 Å². The Morgan fingerprint density at radius 1 is 1.43 bits per heavy atom. The van der Waals surface area contributed by atoms with Crippen LogP contribution in [-0.4, -0.2) is 61.8 Å². The lowest BCUT2D eigenvalue weighted by Crippen LogP contribution is -2.42. The van der Waals surface area contributed by atoms with E-state index in [9.17, 15) is 4.79 Å². The summed E-state index contributed by atoms with van der Waals surface area (Å²) in [6.45, 7) is 3.57. The minimum Gasteiger partial charge on any atom is -0.450 e. The normalized spacial score (nSPS) is 16.1. The molecule has 2 aromatic rings. The summed E-state index contributed by atoms with van der Waals surface area (Å²) < 4.78 is 6.62. The van der Waals surface area contributed by atoms with Crippen molar-refractivity contribution in [2.75, 3.05) is 25.0 Å². The van der Waals surface area contributed by atoms with Crippen LogP contribution < -0.4 is 5.32 Å². The molecule has 1 saturated heterocycles. The number of ether oxygens (including phenoxy) is 1. The standard InChI is InChI=1S/C12H17N7O2/c1-2-21-12(20)18-5-3-9(4-6-18)14-10-7-13-8-11-15-16-17-19(10)11/h7-9,14H,2-6H2,1H3. The average Bonchev–Trinajstić information content (AvgIpc) is 2.98. The van der Waals surface area contributed by atoms with Gasteiger partial charge in [0.15, 0.2) is 11.5 Å².